The Labute approximate surface area is 138 Å². The number of hydrogen-bond acceptors (Lipinski definition) is 2. The Balaban J connectivity index is 2.11. The molecule has 2 amide bonds. The SMILES string of the molecule is COc1cccc(NC(=O)Nc2ccc(Br)c(C(F)(F)F)c2)c1. The van der Waals surface area contributed by atoms with E-state index >= 15 is 0 Å². The smallest absolute Gasteiger partial charge is 0.417 e. The van der Waals surface area contributed by atoms with Crippen LogP contribution in [0.25, 0.3) is 0 Å². The molecule has 0 aliphatic rings. The monoisotopic (exact) mass is 388 g/mol. The Morgan fingerprint density at radius 1 is 1.09 bits per heavy atom. The first-order chi connectivity index (χ1) is 10.8. The zero-order chi connectivity index (χ0) is 17.0. The van der Waals surface area contributed by atoms with Crippen molar-refractivity contribution in [2.24, 2.45) is 0 Å². The van der Waals surface area contributed by atoms with Gasteiger partial charge < -0.3 is 15.4 Å². The highest BCUT2D eigenvalue weighted by Crippen LogP contribution is 2.36. The molecule has 0 fully saturated rings. The Kier molecular flexibility index (Phi) is 5.15. The lowest BCUT2D eigenvalue weighted by Gasteiger charge is -2.12. The zero-order valence-electron chi connectivity index (χ0n) is 11.9. The maximum Gasteiger partial charge on any atom is 0.417 e. The number of nitrogens with one attached hydrogen (secondary N) is 2. The van der Waals surface area contributed by atoms with E-state index in [1.165, 1.54) is 19.2 Å². The van der Waals surface area contributed by atoms with Gasteiger partial charge in [-0.15, -0.1) is 0 Å². The Morgan fingerprint density at radius 3 is 2.35 bits per heavy atom. The van der Waals surface area contributed by atoms with Crippen LogP contribution in [0.4, 0.5) is 29.3 Å². The minimum Gasteiger partial charge on any atom is -0.497 e. The number of alkyl halides is 3. The summed E-state index contributed by atoms with van der Waals surface area (Å²) < 4.78 is 43.4. The molecule has 0 aliphatic carbocycles. The van der Waals surface area contributed by atoms with Gasteiger partial charge >= 0.3 is 12.2 Å². The quantitative estimate of drug-likeness (QED) is 0.766. The van der Waals surface area contributed by atoms with Gasteiger partial charge in [-0.3, -0.25) is 0 Å². The zero-order valence-corrected chi connectivity index (χ0v) is 13.5. The summed E-state index contributed by atoms with van der Waals surface area (Å²) in [5, 5.41) is 4.87. The lowest BCUT2D eigenvalue weighted by atomic mass is 10.2. The third-order valence-electron chi connectivity index (χ3n) is 2.86. The van der Waals surface area contributed by atoms with E-state index in [-0.39, 0.29) is 10.2 Å². The van der Waals surface area contributed by atoms with Gasteiger partial charge in [0.05, 0.1) is 12.7 Å². The van der Waals surface area contributed by atoms with Crippen LogP contribution in [-0.4, -0.2) is 13.1 Å². The van der Waals surface area contributed by atoms with E-state index in [4.69, 9.17) is 4.74 Å². The summed E-state index contributed by atoms with van der Waals surface area (Å²) in [6.07, 6.45) is -4.51. The summed E-state index contributed by atoms with van der Waals surface area (Å²) in [5.74, 6) is 0.547. The minimum atomic E-state index is -4.51. The van der Waals surface area contributed by atoms with Crippen molar-refractivity contribution >= 4 is 33.3 Å². The minimum absolute atomic E-state index is 0.0286. The molecule has 122 valence electrons. The number of ether oxygens (including phenoxy) is 1. The van der Waals surface area contributed by atoms with Gasteiger partial charge in [-0.2, -0.15) is 13.2 Å². The van der Waals surface area contributed by atoms with E-state index in [2.05, 4.69) is 26.6 Å². The highest BCUT2D eigenvalue weighted by molar-refractivity contribution is 9.10. The average Bonchev–Trinajstić information content (AvgIpc) is 2.48. The first kappa shape index (κ1) is 17.1. The lowest BCUT2D eigenvalue weighted by molar-refractivity contribution is -0.138. The predicted molar refractivity (Wildman–Crippen MR) is 84.8 cm³/mol. The Morgan fingerprint density at radius 2 is 1.74 bits per heavy atom. The summed E-state index contributed by atoms with van der Waals surface area (Å²) in [5.41, 5.74) is -0.382. The molecule has 0 unspecified atom stereocenters. The maximum atomic E-state index is 12.8. The molecule has 0 bridgehead atoms. The molecule has 0 aliphatic heterocycles. The number of benzene rings is 2. The second-order valence-corrected chi connectivity index (χ2v) is 5.36. The molecule has 0 radical (unpaired) electrons. The van der Waals surface area contributed by atoms with Gasteiger partial charge in [0.1, 0.15) is 5.75 Å². The maximum absolute atomic E-state index is 12.8. The standard InChI is InChI=1S/C15H12BrF3N2O2/c1-23-11-4-2-3-9(7-11)20-14(22)21-10-5-6-13(16)12(8-10)15(17,18)19/h2-8H,1H3,(H2,20,21,22). The number of carbonyl (C=O) groups is 1. The van der Waals surface area contributed by atoms with Crippen LogP contribution in [-0.2, 0) is 6.18 Å². The number of carbonyl (C=O) groups excluding carboxylic acids is 1. The first-order valence-corrected chi connectivity index (χ1v) is 7.17. The molecule has 2 aromatic carbocycles. The van der Waals surface area contributed by atoms with Crippen molar-refractivity contribution in [3.63, 3.8) is 0 Å². The molecular weight excluding hydrogens is 377 g/mol. The second-order valence-electron chi connectivity index (χ2n) is 4.50. The largest absolute Gasteiger partial charge is 0.497 e. The number of amides is 2. The van der Waals surface area contributed by atoms with Crippen LogP contribution in [0.3, 0.4) is 0 Å². The predicted octanol–water partition coefficient (Wildman–Crippen LogP) is 5.12. The van der Waals surface area contributed by atoms with E-state index in [1.54, 1.807) is 24.3 Å². The van der Waals surface area contributed by atoms with E-state index in [9.17, 15) is 18.0 Å². The number of hydrogen-bond donors (Lipinski definition) is 2. The summed E-state index contributed by atoms with van der Waals surface area (Å²) in [7, 11) is 1.49. The molecule has 23 heavy (non-hydrogen) atoms. The number of rotatable bonds is 3. The summed E-state index contributed by atoms with van der Waals surface area (Å²) >= 11 is 2.84. The van der Waals surface area contributed by atoms with Crippen LogP contribution in [0.1, 0.15) is 5.56 Å². The number of anilines is 2. The van der Waals surface area contributed by atoms with Gasteiger partial charge in [0.25, 0.3) is 0 Å². The third kappa shape index (κ3) is 4.62. The molecule has 2 rings (SSSR count). The van der Waals surface area contributed by atoms with Crippen molar-refractivity contribution in [2.45, 2.75) is 6.18 Å². The third-order valence-corrected chi connectivity index (χ3v) is 3.55. The normalized spacial score (nSPS) is 11.0. The molecule has 0 spiro atoms. The number of urea groups is 1. The van der Waals surface area contributed by atoms with Crippen LogP contribution in [0.2, 0.25) is 0 Å². The van der Waals surface area contributed by atoms with E-state index in [0.29, 0.717) is 11.4 Å². The molecule has 2 aromatic rings. The van der Waals surface area contributed by atoms with Crippen LogP contribution < -0.4 is 15.4 Å². The molecule has 0 saturated carbocycles. The molecule has 8 heteroatoms. The Bertz CT molecular complexity index is 720. The Hall–Kier alpha value is -2.22. The van der Waals surface area contributed by atoms with Gasteiger partial charge in [0, 0.05) is 21.9 Å². The topological polar surface area (TPSA) is 50.4 Å². The summed E-state index contributed by atoms with van der Waals surface area (Å²) in [4.78, 5) is 11.9. The molecule has 0 saturated heterocycles. The highest BCUT2D eigenvalue weighted by Gasteiger charge is 2.33. The van der Waals surface area contributed by atoms with E-state index < -0.39 is 17.8 Å². The van der Waals surface area contributed by atoms with Crippen LogP contribution in [0, 0.1) is 0 Å². The molecule has 0 atom stereocenters. The second kappa shape index (κ2) is 6.91. The van der Waals surface area contributed by atoms with Crippen molar-refractivity contribution < 1.29 is 22.7 Å². The van der Waals surface area contributed by atoms with Crippen molar-refractivity contribution in [1.82, 2.24) is 0 Å². The van der Waals surface area contributed by atoms with Crippen molar-refractivity contribution in [3.05, 3.63) is 52.5 Å². The van der Waals surface area contributed by atoms with E-state index in [0.717, 1.165) is 6.07 Å². The van der Waals surface area contributed by atoms with E-state index in [1.807, 2.05) is 0 Å². The molecule has 0 aromatic heterocycles. The fraction of sp³-hybridized carbons (Fsp3) is 0.133. The van der Waals surface area contributed by atoms with Crippen LogP contribution >= 0.6 is 15.9 Å². The molecule has 4 nitrogen and oxygen atoms in total. The van der Waals surface area contributed by atoms with Crippen LogP contribution in [0.15, 0.2) is 46.9 Å². The fourth-order valence-electron chi connectivity index (χ4n) is 1.81. The van der Waals surface area contributed by atoms with Crippen molar-refractivity contribution in [2.75, 3.05) is 17.7 Å². The van der Waals surface area contributed by atoms with Gasteiger partial charge in [0.2, 0.25) is 0 Å². The van der Waals surface area contributed by atoms with Crippen molar-refractivity contribution in [3.8, 4) is 5.75 Å². The lowest BCUT2D eigenvalue weighted by Crippen LogP contribution is -2.20. The molecule has 0 heterocycles. The number of methoxy groups -OCH3 is 1. The van der Waals surface area contributed by atoms with Crippen LogP contribution in [0.5, 0.6) is 5.75 Å². The van der Waals surface area contributed by atoms with Gasteiger partial charge in [-0.05, 0) is 30.3 Å². The van der Waals surface area contributed by atoms with Gasteiger partial charge in [0.15, 0.2) is 0 Å². The molecule has 2 N–H and O–H groups in total. The van der Waals surface area contributed by atoms with Gasteiger partial charge in [-0.25, -0.2) is 4.79 Å². The average molecular weight is 389 g/mol. The van der Waals surface area contributed by atoms with Gasteiger partial charge in [-0.1, -0.05) is 22.0 Å². The fourth-order valence-corrected chi connectivity index (χ4v) is 2.29. The first-order valence-electron chi connectivity index (χ1n) is 6.38. The summed E-state index contributed by atoms with van der Waals surface area (Å²) in [6, 6.07) is 9.38. The highest BCUT2D eigenvalue weighted by atomic mass is 79.9. The molecular formula is C15H12BrF3N2O2. The summed E-state index contributed by atoms with van der Waals surface area (Å²) in [6.45, 7) is 0. The van der Waals surface area contributed by atoms with Crippen molar-refractivity contribution in [1.29, 1.82) is 0 Å². The number of halogens is 4.